The second kappa shape index (κ2) is 6.42. The Morgan fingerprint density at radius 1 is 0.741 bits per heavy atom. The zero-order valence-corrected chi connectivity index (χ0v) is 15.9. The summed E-state index contributed by atoms with van der Waals surface area (Å²) in [6, 6.07) is 2.97. The molecule has 11 nitrogen and oxygen atoms in total. The summed E-state index contributed by atoms with van der Waals surface area (Å²) >= 11 is -5.99. The van der Waals surface area contributed by atoms with E-state index >= 15 is 0 Å². The molecule has 0 aliphatic heterocycles. The van der Waals surface area contributed by atoms with Crippen molar-refractivity contribution in [1.82, 2.24) is 4.98 Å². The summed E-state index contributed by atoms with van der Waals surface area (Å²) in [7, 11) is -9.68. The zero-order valence-electron chi connectivity index (χ0n) is 12.6. The van der Waals surface area contributed by atoms with E-state index in [2.05, 4.69) is 4.98 Å². The van der Waals surface area contributed by atoms with E-state index in [-0.39, 0.29) is 21.8 Å². The van der Waals surface area contributed by atoms with Crippen LogP contribution in [-0.4, -0.2) is 48.4 Å². The number of hydrogen-bond donors (Lipinski definition) is 3. The van der Waals surface area contributed by atoms with Gasteiger partial charge in [0.2, 0.25) is 0 Å². The van der Waals surface area contributed by atoms with E-state index in [4.69, 9.17) is 0 Å². The number of H-pyrrole nitrogens is 1. The quantitative estimate of drug-likeness (QED) is 0.363. The highest BCUT2D eigenvalue weighted by Crippen LogP contribution is 2.35. The van der Waals surface area contributed by atoms with Gasteiger partial charge in [0, 0.05) is 10.8 Å². The number of rotatable bonds is 4. The lowest BCUT2D eigenvalue weighted by Gasteiger charge is -2.08. The van der Waals surface area contributed by atoms with Gasteiger partial charge in [-0.25, -0.2) is 0 Å². The fourth-order valence-electron chi connectivity index (χ4n) is 2.55. The summed E-state index contributed by atoms with van der Waals surface area (Å²) in [6.45, 7) is 0. The molecule has 0 saturated carbocycles. The van der Waals surface area contributed by atoms with Crippen molar-refractivity contribution in [1.29, 1.82) is 0 Å². The highest BCUT2D eigenvalue weighted by atomic mass is 32.2. The molecule has 3 aromatic rings. The highest BCUT2D eigenvalue weighted by Gasteiger charge is 2.21. The smallest absolute Gasteiger partial charge is 0.294 e. The molecule has 0 amide bonds. The van der Waals surface area contributed by atoms with Crippen molar-refractivity contribution < 1.29 is 43.5 Å². The molecular weight excluding hydrogens is 446 g/mol. The SMILES string of the molecule is O=S([O-])c1cc(S(=O)(=O)O)cc2c1[nH]c1c(S(=O)[O-])cc(S(=O)(=O)O)cc12. The lowest BCUT2D eigenvalue weighted by Crippen LogP contribution is -2.01. The molecule has 15 heteroatoms. The predicted molar refractivity (Wildman–Crippen MR) is 89.8 cm³/mol. The van der Waals surface area contributed by atoms with Crippen molar-refractivity contribution in [3.05, 3.63) is 24.3 Å². The van der Waals surface area contributed by atoms with E-state index in [1.165, 1.54) is 0 Å². The van der Waals surface area contributed by atoms with E-state index < -0.39 is 62.0 Å². The summed E-state index contributed by atoms with van der Waals surface area (Å²) in [5.74, 6) is 0. The van der Waals surface area contributed by atoms with Crippen LogP contribution in [0.2, 0.25) is 0 Å². The average molecular weight is 453 g/mol. The van der Waals surface area contributed by atoms with Gasteiger partial charge < -0.3 is 14.1 Å². The molecule has 27 heavy (non-hydrogen) atoms. The largest absolute Gasteiger partial charge is 0.768 e. The Labute approximate surface area is 156 Å². The first-order valence-corrected chi connectivity index (χ1v) is 11.6. The summed E-state index contributed by atoms with van der Waals surface area (Å²) < 4.78 is 110. The maximum absolute atomic E-state index is 11.5. The average Bonchev–Trinajstić information content (AvgIpc) is 2.89. The molecule has 2 aromatic carbocycles. The first kappa shape index (κ1) is 20.0. The molecule has 2 unspecified atom stereocenters. The van der Waals surface area contributed by atoms with Crippen molar-refractivity contribution in [2.45, 2.75) is 19.6 Å². The van der Waals surface area contributed by atoms with Crippen LogP contribution in [0.5, 0.6) is 0 Å². The molecular formula is C12H7NO10S4-2. The number of fused-ring (bicyclic) bond motifs is 3. The van der Waals surface area contributed by atoms with Crippen LogP contribution in [0.3, 0.4) is 0 Å². The van der Waals surface area contributed by atoms with Crippen LogP contribution in [-0.2, 0) is 42.4 Å². The monoisotopic (exact) mass is 453 g/mol. The molecule has 2 atom stereocenters. The van der Waals surface area contributed by atoms with Crippen molar-refractivity contribution in [3.8, 4) is 0 Å². The zero-order chi connectivity index (χ0) is 20.3. The molecule has 1 aromatic heterocycles. The Balaban J connectivity index is 2.63. The van der Waals surface area contributed by atoms with Gasteiger partial charge in [-0.1, -0.05) is 0 Å². The van der Waals surface area contributed by atoms with Gasteiger partial charge in [-0.2, -0.15) is 16.8 Å². The molecule has 3 N–H and O–H groups in total. The summed E-state index contributed by atoms with van der Waals surface area (Å²) in [5.41, 5.74) is -0.435. The molecule has 0 fully saturated rings. The van der Waals surface area contributed by atoms with Crippen molar-refractivity contribution in [2.75, 3.05) is 0 Å². The number of aromatic nitrogens is 1. The van der Waals surface area contributed by atoms with Gasteiger partial charge in [-0.15, -0.1) is 0 Å². The van der Waals surface area contributed by atoms with Gasteiger partial charge in [-0.3, -0.25) is 17.5 Å². The van der Waals surface area contributed by atoms with Crippen molar-refractivity contribution in [2.24, 2.45) is 0 Å². The van der Waals surface area contributed by atoms with Crippen LogP contribution >= 0.6 is 0 Å². The van der Waals surface area contributed by atoms with E-state index in [1.807, 2.05) is 0 Å². The van der Waals surface area contributed by atoms with Crippen LogP contribution in [0.25, 0.3) is 21.8 Å². The Morgan fingerprint density at radius 3 is 1.33 bits per heavy atom. The highest BCUT2D eigenvalue weighted by molar-refractivity contribution is 7.86. The number of hydrogen-bond acceptors (Lipinski definition) is 8. The van der Waals surface area contributed by atoms with Crippen molar-refractivity contribution >= 4 is 64.2 Å². The summed E-state index contributed by atoms with van der Waals surface area (Å²) in [6.07, 6.45) is 0. The Hall–Kier alpha value is -1.72. The molecule has 0 radical (unpaired) electrons. The fraction of sp³-hybridized carbons (Fsp3) is 0. The van der Waals surface area contributed by atoms with Gasteiger partial charge in [0.15, 0.2) is 0 Å². The second-order valence-electron chi connectivity index (χ2n) is 5.23. The molecule has 0 saturated heterocycles. The number of aromatic amines is 1. The van der Waals surface area contributed by atoms with Gasteiger partial charge in [0.05, 0.1) is 30.6 Å². The topological polar surface area (TPSA) is 205 Å². The maximum Gasteiger partial charge on any atom is 0.294 e. The maximum atomic E-state index is 11.5. The first-order valence-electron chi connectivity index (χ1n) is 6.57. The number of nitrogens with one attached hydrogen (secondary N) is 1. The molecule has 0 aliphatic rings. The van der Waals surface area contributed by atoms with E-state index in [0.717, 1.165) is 12.1 Å². The molecule has 3 rings (SSSR count). The third kappa shape index (κ3) is 3.55. The van der Waals surface area contributed by atoms with Crippen LogP contribution < -0.4 is 0 Å². The lowest BCUT2D eigenvalue weighted by atomic mass is 10.1. The lowest BCUT2D eigenvalue weighted by molar-refractivity contribution is 0.480. The molecule has 0 spiro atoms. The normalized spacial score (nSPS) is 15.3. The predicted octanol–water partition coefficient (Wildman–Crippen LogP) is 0.291. The van der Waals surface area contributed by atoms with Crippen LogP contribution in [0.1, 0.15) is 0 Å². The first-order chi connectivity index (χ1) is 12.3. The second-order valence-corrected chi connectivity index (χ2v) is 9.89. The molecule has 0 aliphatic carbocycles. The number of benzene rings is 2. The molecule has 1 heterocycles. The van der Waals surface area contributed by atoms with Crippen LogP contribution in [0.4, 0.5) is 0 Å². The van der Waals surface area contributed by atoms with Crippen LogP contribution in [0, 0.1) is 0 Å². The van der Waals surface area contributed by atoms with E-state index in [0.29, 0.717) is 12.1 Å². The molecule has 146 valence electrons. The van der Waals surface area contributed by atoms with E-state index in [1.54, 1.807) is 0 Å². The third-order valence-electron chi connectivity index (χ3n) is 3.65. The Morgan fingerprint density at radius 2 is 1.07 bits per heavy atom. The van der Waals surface area contributed by atoms with Gasteiger partial charge in [0.1, 0.15) is 0 Å². The third-order valence-corrected chi connectivity index (χ3v) is 6.67. The van der Waals surface area contributed by atoms with Gasteiger partial charge >= 0.3 is 0 Å². The summed E-state index contributed by atoms with van der Waals surface area (Å²) in [4.78, 5) is -0.329. The van der Waals surface area contributed by atoms with Crippen LogP contribution in [0.15, 0.2) is 43.8 Å². The van der Waals surface area contributed by atoms with Crippen molar-refractivity contribution in [3.63, 3.8) is 0 Å². The van der Waals surface area contributed by atoms with Gasteiger partial charge in [-0.05, 0) is 46.4 Å². The standard InChI is InChI=1S/C12H9NO10S4/c14-24(15)9-3-5(26(18,19)20)1-7-8-2-6(27(21,22)23)4-10(25(16)17)12(8)13-11(7)9/h1-4,13H,(H,14,15)(H,16,17)(H,18,19,20)(H,21,22,23)/p-2. The Bertz CT molecular complexity index is 1270. The fourth-order valence-corrected chi connectivity index (χ4v) is 4.87. The summed E-state index contributed by atoms with van der Waals surface area (Å²) in [5, 5.41) is -0.395. The minimum absolute atomic E-state index is 0.198. The van der Waals surface area contributed by atoms with E-state index in [9.17, 15) is 43.5 Å². The molecule has 0 bridgehead atoms. The van der Waals surface area contributed by atoms with Gasteiger partial charge in [0.25, 0.3) is 20.2 Å². The minimum atomic E-state index is -4.84. The minimum Gasteiger partial charge on any atom is -0.768 e. The Kier molecular flexibility index (Phi) is 4.76.